The van der Waals surface area contributed by atoms with Gasteiger partial charge in [-0.05, 0) is 25.5 Å². The summed E-state index contributed by atoms with van der Waals surface area (Å²) in [5, 5.41) is 0.0851. The fourth-order valence-electron chi connectivity index (χ4n) is 2.58. The number of anilines is 1. The first-order valence-electron chi connectivity index (χ1n) is 7.97. The third-order valence-electron chi connectivity index (χ3n) is 3.58. The number of Topliss-reactive ketones (excluding diaryl/α,β-unsaturated/α-hetero) is 2. The summed E-state index contributed by atoms with van der Waals surface area (Å²) < 4.78 is 24.3. The minimum absolute atomic E-state index is 0.0751. The van der Waals surface area contributed by atoms with Gasteiger partial charge in [-0.2, -0.15) is 0 Å². The Balaban J connectivity index is 2.25. The SMILES string of the molecule is [2H]c1cc(N)c2c(=O)n(C3CC([2H])([2H])C(=O)CC3=O)c(C)nc2c1. The van der Waals surface area contributed by atoms with E-state index in [2.05, 4.69) is 4.98 Å². The van der Waals surface area contributed by atoms with Crippen LogP contribution in [0.1, 0.15) is 35.2 Å². The number of carbonyl (C=O) groups is 2. The molecule has 21 heavy (non-hydrogen) atoms. The van der Waals surface area contributed by atoms with Crippen LogP contribution in [0, 0.1) is 6.92 Å². The zero-order chi connectivity index (χ0) is 17.8. The van der Waals surface area contributed by atoms with E-state index in [1.54, 1.807) is 0 Å². The van der Waals surface area contributed by atoms with Gasteiger partial charge in [-0.3, -0.25) is 19.0 Å². The molecule has 0 bridgehead atoms. The van der Waals surface area contributed by atoms with Crippen LogP contribution in [0.15, 0.2) is 23.0 Å². The van der Waals surface area contributed by atoms with Gasteiger partial charge in [0.2, 0.25) is 0 Å². The van der Waals surface area contributed by atoms with Crippen LogP contribution < -0.4 is 11.3 Å². The van der Waals surface area contributed by atoms with Crippen LogP contribution in [-0.2, 0) is 9.59 Å². The molecule has 0 amide bonds. The maximum absolute atomic E-state index is 12.8. The van der Waals surface area contributed by atoms with Crippen LogP contribution in [0.5, 0.6) is 0 Å². The zero-order valence-corrected chi connectivity index (χ0v) is 11.3. The number of aryl methyl sites for hydroxylation is 1. The molecule has 6 nitrogen and oxygen atoms in total. The van der Waals surface area contributed by atoms with Crippen LogP contribution in [0.25, 0.3) is 10.9 Å². The van der Waals surface area contributed by atoms with E-state index < -0.39 is 42.4 Å². The third-order valence-corrected chi connectivity index (χ3v) is 3.58. The summed E-state index contributed by atoms with van der Waals surface area (Å²) in [7, 11) is 0. The smallest absolute Gasteiger partial charge is 0.264 e. The molecule has 0 aliphatic heterocycles. The van der Waals surface area contributed by atoms with Crippen molar-refractivity contribution < 1.29 is 13.7 Å². The molecule has 1 aliphatic rings. The number of nitrogens with zero attached hydrogens (tertiary/aromatic N) is 2. The second-order valence-electron chi connectivity index (χ2n) is 4.97. The van der Waals surface area contributed by atoms with Gasteiger partial charge >= 0.3 is 0 Å². The molecule has 1 aliphatic carbocycles. The van der Waals surface area contributed by atoms with Crippen LogP contribution in [0.4, 0.5) is 5.69 Å². The molecular weight excluding hydrogens is 270 g/mol. The third kappa shape index (κ3) is 2.12. The lowest BCUT2D eigenvalue weighted by atomic mass is 9.92. The molecule has 1 aromatic heterocycles. The number of fused-ring (bicyclic) bond motifs is 1. The Hall–Kier alpha value is -2.50. The van der Waals surface area contributed by atoms with E-state index in [1.165, 1.54) is 19.1 Å². The molecule has 1 unspecified atom stereocenters. The van der Waals surface area contributed by atoms with Crippen molar-refractivity contribution in [1.29, 1.82) is 0 Å². The van der Waals surface area contributed by atoms with Crippen molar-refractivity contribution in [2.24, 2.45) is 0 Å². The molecule has 1 fully saturated rings. The van der Waals surface area contributed by atoms with Gasteiger partial charge in [0.05, 0.1) is 24.7 Å². The summed E-state index contributed by atoms with van der Waals surface area (Å²) in [5.41, 5.74) is 5.59. The van der Waals surface area contributed by atoms with Crippen molar-refractivity contribution in [1.82, 2.24) is 9.55 Å². The molecule has 1 heterocycles. The van der Waals surface area contributed by atoms with Gasteiger partial charge in [0.1, 0.15) is 11.6 Å². The molecule has 2 N–H and O–H groups in total. The van der Waals surface area contributed by atoms with E-state index >= 15 is 0 Å². The molecule has 1 atom stereocenters. The maximum atomic E-state index is 12.8. The number of carbonyl (C=O) groups excluding carboxylic acids is 2. The fourth-order valence-corrected chi connectivity index (χ4v) is 2.58. The largest absolute Gasteiger partial charge is 0.398 e. The first kappa shape index (κ1) is 10.3. The first-order chi connectivity index (χ1) is 11.1. The number of hydrogen-bond donors (Lipinski definition) is 1. The minimum atomic E-state index is -2.17. The number of benzene rings is 1. The molecule has 1 aromatic carbocycles. The van der Waals surface area contributed by atoms with Crippen LogP contribution in [0.3, 0.4) is 0 Å². The van der Waals surface area contributed by atoms with Crippen molar-refractivity contribution in [2.75, 3.05) is 5.73 Å². The van der Waals surface area contributed by atoms with Gasteiger partial charge in [0, 0.05) is 14.8 Å². The van der Waals surface area contributed by atoms with Gasteiger partial charge in [0.15, 0.2) is 5.78 Å². The lowest BCUT2D eigenvalue weighted by Crippen LogP contribution is -2.36. The number of rotatable bonds is 1. The van der Waals surface area contributed by atoms with E-state index in [0.29, 0.717) is 0 Å². The Morgan fingerprint density at radius 3 is 2.95 bits per heavy atom. The average molecular weight is 288 g/mol. The Bertz CT molecular complexity index is 952. The summed E-state index contributed by atoms with van der Waals surface area (Å²) >= 11 is 0. The van der Waals surface area contributed by atoms with Gasteiger partial charge in [0.25, 0.3) is 5.56 Å². The highest BCUT2D eigenvalue weighted by Gasteiger charge is 2.30. The Kier molecular flexibility index (Phi) is 2.35. The van der Waals surface area contributed by atoms with Crippen molar-refractivity contribution >= 4 is 28.2 Å². The van der Waals surface area contributed by atoms with Gasteiger partial charge in [-0.1, -0.05) is 6.04 Å². The number of ketones is 2. The summed E-state index contributed by atoms with van der Waals surface area (Å²) in [4.78, 5) is 41.0. The molecule has 1 saturated carbocycles. The Morgan fingerprint density at radius 2 is 2.19 bits per heavy atom. The van der Waals surface area contributed by atoms with Crippen LogP contribution >= 0.6 is 0 Å². The first-order valence-corrected chi connectivity index (χ1v) is 6.47. The van der Waals surface area contributed by atoms with E-state index in [4.69, 9.17) is 9.85 Å². The lowest BCUT2D eigenvalue weighted by molar-refractivity contribution is -0.132. The molecule has 3 rings (SSSR count). The zero-order valence-electron chi connectivity index (χ0n) is 14.3. The van der Waals surface area contributed by atoms with Crippen molar-refractivity contribution in [3.05, 3.63) is 34.4 Å². The van der Waals surface area contributed by atoms with E-state index in [9.17, 15) is 14.4 Å². The summed E-state index contributed by atoms with van der Waals surface area (Å²) in [6.45, 7) is 1.52. The molecule has 0 spiro atoms. The molecule has 0 saturated heterocycles. The number of nitrogens with two attached hydrogens (primary N) is 1. The van der Waals surface area contributed by atoms with Crippen molar-refractivity contribution in [3.8, 4) is 0 Å². The highest BCUT2D eigenvalue weighted by atomic mass is 16.2. The fraction of sp³-hybridized carbons (Fsp3) is 0.333. The highest BCUT2D eigenvalue weighted by Crippen LogP contribution is 2.24. The standard InChI is InChI=1S/C15H15N3O3/c1-8-17-11-4-2-3-10(16)14(11)15(21)18(8)12-6-5-9(19)7-13(12)20/h2-4,12H,5-7,16H2,1H3/i2D,5D2. The van der Waals surface area contributed by atoms with Gasteiger partial charge in [-0.25, -0.2) is 4.98 Å². The summed E-state index contributed by atoms with van der Waals surface area (Å²) in [5.74, 6) is -1.08. The van der Waals surface area contributed by atoms with Crippen molar-refractivity contribution in [3.63, 3.8) is 0 Å². The summed E-state index contributed by atoms with van der Waals surface area (Å²) in [6.07, 6.45) is -3.13. The normalized spacial score (nSPS) is 23.7. The monoisotopic (exact) mass is 288 g/mol. The second-order valence-corrected chi connectivity index (χ2v) is 4.97. The van der Waals surface area contributed by atoms with Crippen LogP contribution in [0.2, 0.25) is 0 Å². The summed E-state index contributed by atoms with van der Waals surface area (Å²) in [6, 6.07) is 1.73. The molecule has 108 valence electrons. The number of hydrogen-bond acceptors (Lipinski definition) is 5. The van der Waals surface area contributed by atoms with E-state index in [1.807, 2.05) is 0 Å². The van der Waals surface area contributed by atoms with E-state index in [0.717, 1.165) is 4.57 Å². The number of aromatic nitrogens is 2. The Labute approximate surface area is 124 Å². The van der Waals surface area contributed by atoms with Crippen LogP contribution in [-0.4, -0.2) is 21.1 Å². The van der Waals surface area contributed by atoms with E-state index in [-0.39, 0.29) is 28.5 Å². The van der Waals surface area contributed by atoms with Gasteiger partial charge in [-0.15, -0.1) is 0 Å². The predicted molar refractivity (Wildman–Crippen MR) is 78.1 cm³/mol. The minimum Gasteiger partial charge on any atom is -0.398 e. The number of nitrogen functional groups attached to an aromatic ring is 1. The lowest BCUT2D eigenvalue weighted by Gasteiger charge is -2.24. The van der Waals surface area contributed by atoms with Crippen molar-refractivity contribution in [2.45, 2.75) is 32.2 Å². The van der Waals surface area contributed by atoms with Gasteiger partial charge < -0.3 is 5.73 Å². The predicted octanol–water partition coefficient (Wildman–Crippen LogP) is 1.15. The molecule has 0 radical (unpaired) electrons. The molecule has 6 heteroatoms. The average Bonchev–Trinajstić information content (AvgIpc) is 2.43. The highest BCUT2D eigenvalue weighted by molar-refractivity contribution is 6.03. The quantitative estimate of drug-likeness (QED) is 0.627. The molecule has 2 aromatic rings. The Morgan fingerprint density at radius 1 is 1.43 bits per heavy atom. The maximum Gasteiger partial charge on any atom is 0.264 e. The second kappa shape index (κ2) is 4.80. The topological polar surface area (TPSA) is 95.0 Å². The molecular formula is C15H15N3O3.